The summed E-state index contributed by atoms with van der Waals surface area (Å²) in [6.45, 7) is 2.80. The maximum atomic E-state index is 13.9. The monoisotopic (exact) mass is 360 g/mol. The van der Waals surface area contributed by atoms with Crippen LogP contribution in [0.1, 0.15) is 28.8 Å². The number of halogens is 2. The number of nitrogens with one attached hydrogen (secondary N) is 1. The molecule has 3 nitrogen and oxygen atoms in total. The highest BCUT2D eigenvalue weighted by Gasteiger charge is 2.22. The Kier molecular flexibility index (Phi) is 6.05. The van der Waals surface area contributed by atoms with E-state index >= 15 is 0 Å². The van der Waals surface area contributed by atoms with E-state index in [0.717, 1.165) is 38.9 Å². The highest BCUT2D eigenvalue weighted by molar-refractivity contribution is 6.30. The van der Waals surface area contributed by atoms with Crippen molar-refractivity contribution >= 4 is 17.5 Å². The van der Waals surface area contributed by atoms with Gasteiger partial charge < -0.3 is 10.2 Å². The molecule has 5 heteroatoms. The van der Waals surface area contributed by atoms with Gasteiger partial charge in [0.1, 0.15) is 5.82 Å². The van der Waals surface area contributed by atoms with Gasteiger partial charge >= 0.3 is 0 Å². The SMILES string of the molecule is O=C(NC1CCCN(CCc2ccccc2)C1)c1ccc(Cl)cc1F. The Balaban J connectivity index is 1.53. The fourth-order valence-electron chi connectivity index (χ4n) is 3.25. The van der Waals surface area contributed by atoms with Crippen molar-refractivity contribution in [2.75, 3.05) is 19.6 Å². The van der Waals surface area contributed by atoms with Gasteiger partial charge in [0.25, 0.3) is 5.91 Å². The largest absolute Gasteiger partial charge is 0.348 e. The van der Waals surface area contributed by atoms with Gasteiger partial charge in [-0.1, -0.05) is 41.9 Å². The zero-order chi connectivity index (χ0) is 17.6. The van der Waals surface area contributed by atoms with Gasteiger partial charge in [-0.25, -0.2) is 4.39 Å². The molecule has 132 valence electrons. The first kappa shape index (κ1) is 17.9. The molecule has 0 spiro atoms. The van der Waals surface area contributed by atoms with Crippen molar-refractivity contribution in [1.82, 2.24) is 10.2 Å². The van der Waals surface area contributed by atoms with Crippen LogP contribution in [0.2, 0.25) is 5.02 Å². The molecule has 1 heterocycles. The highest BCUT2D eigenvalue weighted by Crippen LogP contribution is 2.16. The second-order valence-electron chi connectivity index (χ2n) is 6.47. The van der Waals surface area contributed by atoms with Gasteiger partial charge in [-0.15, -0.1) is 0 Å². The maximum absolute atomic E-state index is 13.9. The van der Waals surface area contributed by atoms with Crippen molar-refractivity contribution in [2.24, 2.45) is 0 Å². The maximum Gasteiger partial charge on any atom is 0.254 e. The summed E-state index contributed by atoms with van der Waals surface area (Å²) in [5, 5.41) is 3.25. The molecule has 1 aliphatic rings. The summed E-state index contributed by atoms with van der Waals surface area (Å²) in [7, 11) is 0. The van der Waals surface area contributed by atoms with Crippen LogP contribution in [0.25, 0.3) is 0 Å². The van der Waals surface area contributed by atoms with Gasteiger partial charge in [0.15, 0.2) is 0 Å². The van der Waals surface area contributed by atoms with Crippen LogP contribution in [0.15, 0.2) is 48.5 Å². The summed E-state index contributed by atoms with van der Waals surface area (Å²) in [5.74, 6) is -0.953. The third-order valence-electron chi connectivity index (χ3n) is 4.58. The van der Waals surface area contributed by atoms with Gasteiger partial charge in [-0.3, -0.25) is 4.79 Å². The van der Waals surface area contributed by atoms with Gasteiger partial charge in [-0.2, -0.15) is 0 Å². The first-order chi connectivity index (χ1) is 12.1. The van der Waals surface area contributed by atoms with E-state index in [4.69, 9.17) is 11.6 Å². The van der Waals surface area contributed by atoms with Crippen LogP contribution in [0.5, 0.6) is 0 Å². The summed E-state index contributed by atoms with van der Waals surface area (Å²) in [4.78, 5) is 14.7. The number of nitrogens with zero attached hydrogens (tertiary/aromatic N) is 1. The standard InChI is InChI=1S/C20H22ClFN2O/c21-16-8-9-18(19(22)13-16)20(25)23-17-7-4-11-24(14-17)12-10-15-5-2-1-3-6-15/h1-3,5-6,8-9,13,17H,4,7,10-12,14H2,(H,23,25). The molecule has 1 atom stereocenters. The molecule has 0 aromatic heterocycles. The van der Waals surface area contributed by atoms with E-state index in [1.165, 1.54) is 23.8 Å². The molecular formula is C20H22ClFN2O. The topological polar surface area (TPSA) is 32.3 Å². The molecule has 0 radical (unpaired) electrons. The van der Waals surface area contributed by atoms with Crippen molar-refractivity contribution in [3.05, 3.63) is 70.5 Å². The summed E-state index contributed by atoms with van der Waals surface area (Å²) in [5.41, 5.74) is 1.36. The second kappa shape index (κ2) is 8.45. The van der Waals surface area contributed by atoms with Crippen molar-refractivity contribution in [2.45, 2.75) is 25.3 Å². The fourth-order valence-corrected chi connectivity index (χ4v) is 3.40. The van der Waals surface area contributed by atoms with Gasteiger partial charge in [-0.05, 0) is 49.6 Å². The van der Waals surface area contributed by atoms with Gasteiger partial charge in [0.05, 0.1) is 5.56 Å². The zero-order valence-electron chi connectivity index (χ0n) is 14.1. The lowest BCUT2D eigenvalue weighted by molar-refractivity contribution is 0.0900. The van der Waals surface area contributed by atoms with Crippen LogP contribution in [0.4, 0.5) is 4.39 Å². The molecule has 0 bridgehead atoms. The van der Waals surface area contributed by atoms with Gasteiger partial charge in [0.2, 0.25) is 0 Å². The third-order valence-corrected chi connectivity index (χ3v) is 4.81. The summed E-state index contributed by atoms with van der Waals surface area (Å²) < 4.78 is 13.9. The molecule has 3 rings (SSSR count). The molecule has 1 N–H and O–H groups in total. The molecule has 0 aliphatic carbocycles. The Morgan fingerprint density at radius 1 is 1.24 bits per heavy atom. The minimum Gasteiger partial charge on any atom is -0.348 e. The molecule has 1 aliphatic heterocycles. The van der Waals surface area contributed by atoms with E-state index in [1.807, 2.05) is 6.07 Å². The smallest absolute Gasteiger partial charge is 0.254 e. The number of amides is 1. The van der Waals surface area contributed by atoms with Gasteiger partial charge in [0, 0.05) is 24.2 Å². The molecule has 25 heavy (non-hydrogen) atoms. The van der Waals surface area contributed by atoms with Crippen LogP contribution in [-0.4, -0.2) is 36.5 Å². The molecule has 1 fully saturated rings. The second-order valence-corrected chi connectivity index (χ2v) is 6.91. The van der Waals surface area contributed by atoms with E-state index < -0.39 is 5.82 Å². The molecule has 0 saturated carbocycles. The number of rotatable bonds is 5. The molecule has 2 aromatic carbocycles. The number of benzene rings is 2. The van der Waals surface area contributed by atoms with Crippen LogP contribution in [0, 0.1) is 5.82 Å². The van der Waals surface area contributed by atoms with E-state index in [-0.39, 0.29) is 17.5 Å². The minimum atomic E-state index is -0.582. The Labute approximate surface area is 152 Å². The number of carbonyl (C=O) groups is 1. The van der Waals surface area contributed by atoms with Crippen LogP contribution < -0.4 is 5.32 Å². The molecule has 1 saturated heterocycles. The van der Waals surface area contributed by atoms with E-state index in [2.05, 4.69) is 34.5 Å². The Bertz CT molecular complexity index is 723. The summed E-state index contributed by atoms with van der Waals surface area (Å²) in [6.07, 6.45) is 2.94. The number of hydrogen-bond acceptors (Lipinski definition) is 2. The highest BCUT2D eigenvalue weighted by atomic mass is 35.5. The number of likely N-dealkylation sites (tertiary alicyclic amines) is 1. The molecule has 1 unspecified atom stereocenters. The average molecular weight is 361 g/mol. The third kappa shape index (κ3) is 5.03. The van der Waals surface area contributed by atoms with E-state index in [9.17, 15) is 9.18 Å². The quantitative estimate of drug-likeness (QED) is 0.876. The van der Waals surface area contributed by atoms with Crippen LogP contribution in [-0.2, 0) is 6.42 Å². The fraction of sp³-hybridized carbons (Fsp3) is 0.350. The van der Waals surface area contributed by atoms with Crippen molar-refractivity contribution in [3.63, 3.8) is 0 Å². The molecule has 1 amide bonds. The predicted molar refractivity (Wildman–Crippen MR) is 98.5 cm³/mol. The average Bonchev–Trinajstić information content (AvgIpc) is 2.61. The van der Waals surface area contributed by atoms with Crippen LogP contribution >= 0.6 is 11.6 Å². The Hall–Kier alpha value is -1.91. The lowest BCUT2D eigenvalue weighted by atomic mass is 10.0. The first-order valence-corrected chi connectivity index (χ1v) is 9.02. The van der Waals surface area contributed by atoms with E-state index in [0.29, 0.717) is 5.02 Å². The zero-order valence-corrected chi connectivity index (χ0v) is 14.8. The number of hydrogen-bond donors (Lipinski definition) is 1. The Morgan fingerprint density at radius 3 is 2.80 bits per heavy atom. The first-order valence-electron chi connectivity index (χ1n) is 8.64. The number of piperidine rings is 1. The summed E-state index contributed by atoms with van der Waals surface area (Å²) >= 11 is 5.74. The lowest BCUT2D eigenvalue weighted by Crippen LogP contribution is -2.48. The van der Waals surface area contributed by atoms with Crippen molar-refractivity contribution in [1.29, 1.82) is 0 Å². The van der Waals surface area contributed by atoms with Crippen molar-refractivity contribution < 1.29 is 9.18 Å². The van der Waals surface area contributed by atoms with Crippen molar-refractivity contribution in [3.8, 4) is 0 Å². The van der Waals surface area contributed by atoms with Crippen LogP contribution in [0.3, 0.4) is 0 Å². The number of carbonyl (C=O) groups excluding carboxylic acids is 1. The van der Waals surface area contributed by atoms with E-state index in [1.54, 1.807) is 0 Å². The molecular weight excluding hydrogens is 339 g/mol. The minimum absolute atomic E-state index is 0.0470. The summed E-state index contributed by atoms with van der Waals surface area (Å²) in [6, 6.07) is 14.6. The Morgan fingerprint density at radius 2 is 2.04 bits per heavy atom. The normalized spacial score (nSPS) is 18.1. The molecule has 2 aromatic rings. The predicted octanol–water partition coefficient (Wildman–Crippen LogP) is 3.92. The lowest BCUT2D eigenvalue weighted by Gasteiger charge is -2.33.